The minimum absolute atomic E-state index is 0.178. The number of ether oxygens (including phenoxy) is 1. The van der Waals surface area contributed by atoms with Crippen molar-refractivity contribution in [2.45, 2.75) is 25.3 Å². The summed E-state index contributed by atoms with van der Waals surface area (Å²) >= 11 is 4.92. The average Bonchev–Trinajstić information content (AvgIpc) is 2.62. The van der Waals surface area contributed by atoms with E-state index in [4.69, 9.17) is 4.74 Å². The first-order valence-corrected chi connectivity index (χ1v) is 9.97. The van der Waals surface area contributed by atoms with Crippen molar-refractivity contribution in [2.24, 2.45) is 0 Å². The maximum Gasteiger partial charge on any atom is 0.316 e. The van der Waals surface area contributed by atoms with Crippen LogP contribution in [0, 0.1) is 13.8 Å². The van der Waals surface area contributed by atoms with Crippen LogP contribution in [0.5, 0.6) is 0 Å². The third-order valence-electron chi connectivity index (χ3n) is 3.85. The second kappa shape index (κ2) is 9.78. The molecule has 0 atom stereocenters. The summed E-state index contributed by atoms with van der Waals surface area (Å²) in [4.78, 5) is 26.6. The lowest BCUT2D eigenvalue weighted by atomic mass is 10.2. The standard InChI is InChI=1S/C20H22BrNO3S/c1-14-10-18(15(2)9-17(14)21)26-13-20(24)25-12-19(23)22(3)11-16-7-5-4-6-8-16/h4-10H,11-13H2,1-3H3. The lowest BCUT2D eigenvalue weighted by molar-refractivity contribution is -0.149. The minimum Gasteiger partial charge on any atom is -0.455 e. The summed E-state index contributed by atoms with van der Waals surface area (Å²) in [5.41, 5.74) is 3.24. The van der Waals surface area contributed by atoms with Crippen LogP contribution in [0.15, 0.2) is 51.8 Å². The van der Waals surface area contributed by atoms with Crippen LogP contribution < -0.4 is 0 Å². The van der Waals surface area contributed by atoms with Crippen LogP contribution in [-0.4, -0.2) is 36.2 Å². The van der Waals surface area contributed by atoms with Crippen LogP contribution in [0.25, 0.3) is 0 Å². The van der Waals surface area contributed by atoms with Gasteiger partial charge in [-0.1, -0.05) is 46.3 Å². The molecule has 0 spiro atoms. The smallest absolute Gasteiger partial charge is 0.316 e. The molecule has 0 fully saturated rings. The molecule has 0 N–H and O–H groups in total. The zero-order valence-electron chi connectivity index (χ0n) is 15.1. The fourth-order valence-electron chi connectivity index (χ4n) is 2.29. The van der Waals surface area contributed by atoms with Gasteiger partial charge >= 0.3 is 5.97 Å². The van der Waals surface area contributed by atoms with E-state index in [1.54, 1.807) is 11.9 Å². The normalized spacial score (nSPS) is 10.5. The molecule has 2 aromatic carbocycles. The Kier molecular flexibility index (Phi) is 7.72. The van der Waals surface area contributed by atoms with Crippen LogP contribution in [0.3, 0.4) is 0 Å². The molecular weight excluding hydrogens is 414 g/mol. The Bertz CT molecular complexity index is 780. The Morgan fingerprint density at radius 3 is 2.50 bits per heavy atom. The highest BCUT2D eigenvalue weighted by molar-refractivity contribution is 9.10. The van der Waals surface area contributed by atoms with Crippen LogP contribution in [0.4, 0.5) is 0 Å². The molecule has 0 heterocycles. The Morgan fingerprint density at radius 1 is 1.12 bits per heavy atom. The van der Waals surface area contributed by atoms with E-state index in [1.807, 2.05) is 56.3 Å². The first kappa shape index (κ1) is 20.5. The van der Waals surface area contributed by atoms with E-state index in [0.717, 1.165) is 26.1 Å². The SMILES string of the molecule is Cc1cc(SCC(=O)OCC(=O)N(C)Cc2ccccc2)c(C)cc1Br. The summed E-state index contributed by atoms with van der Waals surface area (Å²) in [6.45, 7) is 4.26. The third kappa shape index (κ3) is 6.18. The molecule has 1 amide bonds. The van der Waals surface area contributed by atoms with E-state index in [9.17, 15) is 9.59 Å². The van der Waals surface area contributed by atoms with Gasteiger partial charge in [0.15, 0.2) is 6.61 Å². The predicted octanol–water partition coefficient (Wildman–Crippen LogP) is 4.36. The number of hydrogen-bond acceptors (Lipinski definition) is 4. The van der Waals surface area contributed by atoms with E-state index in [-0.39, 0.29) is 18.3 Å². The number of rotatable bonds is 7. The molecule has 0 saturated heterocycles. The number of halogens is 1. The van der Waals surface area contributed by atoms with Gasteiger partial charge in [-0.25, -0.2) is 0 Å². The van der Waals surface area contributed by atoms with Gasteiger partial charge in [-0.3, -0.25) is 9.59 Å². The van der Waals surface area contributed by atoms with Crippen molar-refractivity contribution in [2.75, 3.05) is 19.4 Å². The van der Waals surface area contributed by atoms with Crippen LogP contribution in [-0.2, 0) is 20.9 Å². The number of aryl methyl sites for hydroxylation is 2. The van der Waals surface area contributed by atoms with Crippen molar-refractivity contribution in [3.63, 3.8) is 0 Å². The molecule has 6 heteroatoms. The summed E-state index contributed by atoms with van der Waals surface area (Å²) < 4.78 is 6.17. The molecular formula is C20H22BrNO3S. The van der Waals surface area contributed by atoms with Crippen molar-refractivity contribution in [3.8, 4) is 0 Å². The zero-order chi connectivity index (χ0) is 19.1. The van der Waals surface area contributed by atoms with Crippen molar-refractivity contribution < 1.29 is 14.3 Å². The number of nitrogens with zero attached hydrogens (tertiary/aromatic N) is 1. The number of carbonyl (C=O) groups is 2. The number of benzene rings is 2. The van der Waals surface area contributed by atoms with Crippen molar-refractivity contribution in [1.82, 2.24) is 4.90 Å². The van der Waals surface area contributed by atoms with E-state index in [2.05, 4.69) is 15.9 Å². The lowest BCUT2D eigenvalue weighted by Gasteiger charge is -2.17. The van der Waals surface area contributed by atoms with E-state index >= 15 is 0 Å². The highest BCUT2D eigenvalue weighted by Gasteiger charge is 2.13. The molecule has 0 unspecified atom stereocenters. The Labute approximate surface area is 167 Å². The summed E-state index contributed by atoms with van der Waals surface area (Å²) in [5.74, 6) is -0.434. The monoisotopic (exact) mass is 435 g/mol. The molecule has 0 aliphatic carbocycles. The number of hydrogen-bond donors (Lipinski definition) is 0. The maximum absolute atomic E-state index is 12.1. The van der Waals surface area contributed by atoms with Gasteiger partial charge in [0.2, 0.25) is 0 Å². The van der Waals surface area contributed by atoms with Gasteiger partial charge in [0.05, 0.1) is 5.75 Å². The molecule has 0 radical (unpaired) electrons. The van der Waals surface area contributed by atoms with Gasteiger partial charge in [-0.15, -0.1) is 11.8 Å². The van der Waals surface area contributed by atoms with Crippen molar-refractivity contribution in [3.05, 3.63) is 63.6 Å². The number of likely N-dealkylation sites (N-methyl/N-ethyl adjacent to an activating group) is 1. The molecule has 138 valence electrons. The zero-order valence-corrected chi connectivity index (χ0v) is 17.5. The summed E-state index contributed by atoms with van der Waals surface area (Å²) in [7, 11) is 1.70. The van der Waals surface area contributed by atoms with E-state index in [0.29, 0.717) is 6.54 Å². The summed E-state index contributed by atoms with van der Waals surface area (Å²) in [6, 6.07) is 13.8. The van der Waals surface area contributed by atoms with E-state index in [1.165, 1.54) is 11.8 Å². The number of carbonyl (C=O) groups excluding carboxylic acids is 2. The van der Waals surface area contributed by atoms with Gasteiger partial charge in [-0.05, 0) is 42.7 Å². The number of thioether (sulfide) groups is 1. The molecule has 4 nitrogen and oxygen atoms in total. The first-order valence-electron chi connectivity index (χ1n) is 8.20. The van der Waals surface area contributed by atoms with Crippen LogP contribution in [0.1, 0.15) is 16.7 Å². The molecule has 0 aliphatic rings. The minimum atomic E-state index is -0.392. The van der Waals surface area contributed by atoms with Crippen LogP contribution >= 0.6 is 27.7 Å². The highest BCUT2D eigenvalue weighted by atomic mass is 79.9. The molecule has 0 saturated carbocycles. The van der Waals surface area contributed by atoms with Gasteiger partial charge in [0.1, 0.15) is 0 Å². The Hall–Kier alpha value is -1.79. The highest BCUT2D eigenvalue weighted by Crippen LogP contribution is 2.28. The van der Waals surface area contributed by atoms with Crippen molar-refractivity contribution in [1.29, 1.82) is 0 Å². The fraction of sp³-hybridized carbons (Fsp3) is 0.300. The molecule has 26 heavy (non-hydrogen) atoms. The Morgan fingerprint density at radius 2 is 1.81 bits per heavy atom. The van der Waals surface area contributed by atoms with Gasteiger partial charge in [0.25, 0.3) is 5.91 Å². The van der Waals surface area contributed by atoms with Gasteiger partial charge in [0, 0.05) is 23.0 Å². The molecule has 2 aromatic rings. The molecule has 2 rings (SSSR count). The molecule has 0 aromatic heterocycles. The second-order valence-electron chi connectivity index (χ2n) is 6.05. The van der Waals surface area contributed by atoms with Crippen molar-refractivity contribution >= 4 is 39.6 Å². The largest absolute Gasteiger partial charge is 0.455 e. The quantitative estimate of drug-likeness (QED) is 0.478. The maximum atomic E-state index is 12.1. The molecule has 0 bridgehead atoms. The lowest BCUT2D eigenvalue weighted by Crippen LogP contribution is -2.31. The van der Waals surface area contributed by atoms with E-state index < -0.39 is 5.97 Å². The number of amides is 1. The second-order valence-corrected chi connectivity index (χ2v) is 7.92. The van der Waals surface area contributed by atoms with Gasteiger partial charge in [-0.2, -0.15) is 0 Å². The summed E-state index contributed by atoms with van der Waals surface area (Å²) in [5, 5.41) is 0. The molecule has 0 aliphatic heterocycles. The third-order valence-corrected chi connectivity index (χ3v) is 5.83. The predicted molar refractivity (Wildman–Crippen MR) is 108 cm³/mol. The first-order chi connectivity index (χ1) is 12.4. The fourth-order valence-corrected chi connectivity index (χ4v) is 3.65. The Balaban J connectivity index is 1.77. The van der Waals surface area contributed by atoms with Crippen LogP contribution in [0.2, 0.25) is 0 Å². The van der Waals surface area contributed by atoms with Gasteiger partial charge < -0.3 is 9.64 Å². The topological polar surface area (TPSA) is 46.6 Å². The summed E-state index contributed by atoms with van der Waals surface area (Å²) in [6.07, 6.45) is 0. The number of esters is 1. The average molecular weight is 436 g/mol.